The minimum absolute atomic E-state index is 0.00302. The Kier molecular flexibility index (Phi) is 4.94. The predicted molar refractivity (Wildman–Crippen MR) is 90.3 cm³/mol. The first kappa shape index (κ1) is 17.3. The third kappa shape index (κ3) is 4.01. The minimum atomic E-state index is -0.312. The van der Waals surface area contributed by atoms with Crippen LogP contribution in [0, 0.1) is 5.41 Å². The fourth-order valence-electron chi connectivity index (χ4n) is 2.83. The molecule has 6 heteroatoms. The standard InChI is InChI=1S/C17H25N3O3/c1-17(2,3)9-12(11-21)18-15(22)10-20-14-8-6-5-7-13(14)19(4)16(20)23/h5-8,12,21H,9-11H2,1-4H3,(H,18,22). The van der Waals surface area contributed by atoms with Crippen molar-refractivity contribution in [3.05, 3.63) is 34.7 Å². The van der Waals surface area contributed by atoms with Gasteiger partial charge in [-0.05, 0) is 24.0 Å². The van der Waals surface area contributed by atoms with Gasteiger partial charge in [0.1, 0.15) is 6.54 Å². The summed E-state index contributed by atoms with van der Waals surface area (Å²) in [5, 5.41) is 12.3. The number of rotatable bonds is 5. The molecule has 2 N–H and O–H groups in total. The normalized spacial score (nSPS) is 13.3. The molecule has 0 radical (unpaired) electrons. The van der Waals surface area contributed by atoms with Crippen LogP contribution in [0.15, 0.2) is 29.1 Å². The van der Waals surface area contributed by atoms with Gasteiger partial charge in [-0.2, -0.15) is 0 Å². The number of imidazole rings is 1. The average Bonchev–Trinajstić information content (AvgIpc) is 2.71. The second kappa shape index (κ2) is 6.58. The molecule has 1 atom stereocenters. The summed E-state index contributed by atoms with van der Waals surface area (Å²) in [7, 11) is 1.69. The van der Waals surface area contributed by atoms with Crippen molar-refractivity contribution in [1.29, 1.82) is 0 Å². The zero-order valence-electron chi connectivity index (χ0n) is 14.2. The lowest BCUT2D eigenvalue weighted by Crippen LogP contribution is -2.42. The summed E-state index contributed by atoms with van der Waals surface area (Å²) in [6, 6.07) is 7.06. The molecule has 0 aliphatic rings. The molecule has 0 aliphatic heterocycles. The van der Waals surface area contributed by atoms with Crippen LogP contribution in [0.5, 0.6) is 0 Å². The summed E-state index contributed by atoms with van der Waals surface area (Å²) in [6.07, 6.45) is 0.666. The molecule has 0 spiro atoms. The number of nitrogens with zero attached hydrogens (tertiary/aromatic N) is 2. The largest absolute Gasteiger partial charge is 0.394 e. The van der Waals surface area contributed by atoms with Gasteiger partial charge in [-0.15, -0.1) is 0 Å². The van der Waals surface area contributed by atoms with Crippen molar-refractivity contribution in [3.63, 3.8) is 0 Å². The van der Waals surface area contributed by atoms with Crippen LogP contribution in [0.25, 0.3) is 11.0 Å². The van der Waals surface area contributed by atoms with E-state index in [4.69, 9.17) is 0 Å². The molecule has 1 unspecified atom stereocenters. The number of hydrogen-bond donors (Lipinski definition) is 2. The Hall–Kier alpha value is -2.08. The zero-order chi connectivity index (χ0) is 17.2. The Balaban J connectivity index is 2.18. The van der Waals surface area contributed by atoms with E-state index in [1.54, 1.807) is 7.05 Å². The molecule has 23 heavy (non-hydrogen) atoms. The van der Waals surface area contributed by atoms with E-state index in [-0.39, 0.29) is 36.2 Å². The molecule has 2 aromatic rings. The van der Waals surface area contributed by atoms with E-state index >= 15 is 0 Å². The Morgan fingerprint density at radius 1 is 1.26 bits per heavy atom. The highest BCUT2D eigenvalue weighted by atomic mass is 16.3. The fraction of sp³-hybridized carbons (Fsp3) is 0.529. The molecule has 1 amide bonds. The van der Waals surface area contributed by atoms with Crippen LogP contribution in [0.1, 0.15) is 27.2 Å². The van der Waals surface area contributed by atoms with Gasteiger partial charge in [-0.25, -0.2) is 4.79 Å². The van der Waals surface area contributed by atoms with Crippen molar-refractivity contribution >= 4 is 16.9 Å². The topological polar surface area (TPSA) is 76.3 Å². The number of aromatic nitrogens is 2. The van der Waals surface area contributed by atoms with Gasteiger partial charge in [-0.3, -0.25) is 13.9 Å². The van der Waals surface area contributed by atoms with Crippen molar-refractivity contribution in [3.8, 4) is 0 Å². The van der Waals surface area contributed by atoms with Crippen molar-refractivity contribution in [2.24, 2.45) is 12.5 Å². The number of fused-ring (bicyclic) bond motifs is 1. The van der Waals surface area contributed by atoms with E-state index < -0.39 is 0 Å². The van der Waals surface area contributed by atoms with Crippen LogP contribution in [0.3, 0.4) is 0 Å². The Morgan fingerprint density at radius 2 is 1.87 bits per heavy atom. The van der Waals surface area contributed by atoms with Gasteiger partial charge >= 0.3 is 5.69 Å². The third-order valence-electron chi connectivity index (χ3n) is 3.80. The van der Waals surface area contributed by atoms with E-state index in [0.29, 0.717) is 6.42 Å². The van der Waals surface area contributed by atoms with Crippen LogP contribution in [-0.2, 0) is 18.4 Å². The second-order valence-corrected chi connectivity index (χ2v) is 7.13. The third-order valence-corrected chi connectivity index (χ3v) is 3.80. The molecule has 0 saturated heterocycles. The maximum Gasteiger partial charge on any atom is 0.329 e. The van der Waals surface area contributed by atoms with Crippen LogP contribution in [0.2, 0.25) is 0 Å². The van der Waals surface area contributed by atoms with Crippen molar-refractivity contribution in [1.82, 2.24) is 14.5 Å². The molecule has 1 aromatic heterocycles. The molecule has 0 saturated carbocycles. The first-order valence-corrected chi connectivity index (χ1v) is 7.77. The molecule has 0 aliphatic carbocycles. The van der Waals surface area contributed by atoms with E-state index in [1.165, 1.54) is 9.13 Å². The molecule has 0 fully saturated rings. The number of hydrogen-bond acceptors (Lipinski definition) is 3. The molecule has 0 bridgehead atoms. The number of amides is 1. The van der Waals surface area contributed by atoms with Crippen LogP contribution in [0.4, 0.5) is 0 Å². The molecule has 1 heterocycles. The highest BCUT2D eigenvalue weighted by Crippen LogP contribution is 2.20. The van der Waals surface area contributed by atoms with E-state index in [9.17, 15) is 14.7 Å². The van der Waals surface area contributed by atoms with Gasteiger partial charge in [0.15, 0.2) is 0 Å². The molecule has 1 aromatic carbocycles. The van der Waals surface area contributed by atoms with E-state index in [2.05, 4.69) is 26.1 Å². The quantitative estimate of drug-likeness (QED) is 0.871. The second-order valence-electron chi connectivity index (χ2n) is 7.13. The number of benzene rings is 1. The van der Waals surface area contributed by atoms with Gasteiger partial charge in [0, 0.05) is 7.05 Å². The summed E-state index contributed by atoms with van der Waals surface area (Å²) in [6.45, 7) is 5.99. The number of aryl methyl sites for hydroxylation is 1. The maximum absolute atomic E-state index is 12.3. The first-order valence-electron chi connectivity index (χ1n) is 7.77. The first-order chi connectivity index (χ1) is 10.7. The lowest BCUT2D eigenvalue weighted by atomic mass is 9.88. The summed E-state index contributed by atoms with van der Waals surface area (Å²) < 4.78 is 2.98. The molecular formula is C17H25N3O3. The number of para-hydroxylation sites is 2. The van der Waals surface area contributed by atoms with Gasteiger partial charge in [0.05, 0.1) is 23.7 Å². The fourth-order valence-corrected chi connectivity index (χ4v) is 2.83. The summed E-state index contributed by atoms with van der Waals surface area (Å²) in [5.74, 6) is -0.272. The average molecular weight is 319 g/mol. The van der Waals surface area contributed by atoms with Crippen LogP contribution >= 0.6 is 0 Å². The van der Waals surface area contributed by atoms with E-state index in [1.807, 2.05) is 24.3 Å². The number of carbonyl (C=O) groups is 1. The molecular weight excluding hydrogens is 294 g/mol. The minimum Gasteiger partial charge on any atom is -0.394 e. The monoisotopic (exact) mass is 319 g/mol. The summed E-state index contributed by atoms with van der Waals surface area (Å²) in [4.78, 5) is 24.6. The number of nitrogens with one attached hydrogen (secondary N) is 1. The Morgan fingerprint density at radius 3 is 2.43 bits per heavy atom. The van der Waals surface area contributed by atoms with Gasteiger partial charge < -0.3 is 10.4 Å². The smallest absolute Gasteiger partial charge is 0.329 e. The Labute approximate surface area is 135 Å². The van der Waals surface area contributed by atoms with E-state index in [0.717, 1.165) is 11.0 Å². The zero-order valence-corrected chi connectivity index (χ0v) is 14.2. The molecule has 6 nitrogen and oxygen atoms in total. The molecule has 2 rings (SSSR count). The Bertz CT molecular complexity index is 753. The van der Waals surface area contributed by atoms with Gasteiger partial charge in [0.25, 0.3) is 0 Å². The van der Waals surface area contributed by atoms with Crippen LogP contribution < -0.4 is 11.0 Å². The van der Waals surface area contributed by atoms with Crippen molar-refractivity contribution < 1.29 is 9.90 Å². The predicted octanol–water partition coefficient (Wildman–Crippen LogP) is 1.25. The van der Waals surface area contributed by atoms with Gasteiger partial charge in [-0.1, -0.05) is 32.9 Å². The van der Waals surface area contributed by atoms with Gasteiger partial charge in [0.2, 0.25) is 5.91 Å². The summed E-state index contributed by atoms with van der Waals surface area (Å²) in [5.41, 5.74) is 1.29. The SMILES string of the molecule is Cn1c(=O)n(CC(=O)NC(CO)CC(C)(C)C)c2ccccc21. The van der Waals surface area contributed by atoms with Crippen molar-refractivity contribution in [2.45, 2.75) is 39.8 Å². The lowest BCUT2D eigenvalue weighted by molar-refractivity contribution is -0.122. The van der Waals surface area contributed by atoms with Crippen LogP contribution in [-0.4, -0.2) is 32.8 Å². The lowest BCUT2D eigenvalue weighted by Gasteiger charge is -2.25. The van der Waals surface area contributed by atoms with Crippen molar-refractivity contribution in [2.75, 3.05) is 6.61 Å². The summed E-state index contributed by atoms with van der Waals surface area (Å²) >= 11 is 0. The highest BCUT2D eigenvalue weighted by molar-refractivity contribution is 5.81. The maximum atomic E-state index is 12.3. The number of carbonyl (C=O) groups excluding carboxylic acids is 1. The molecule has 126 valence electrons. The number of aliphatic hydroxyl groups is 1. The number of aliphatic hydroxyl groups excluding tert-OH is 1. The highest BCUT2D eigenvalue weighted by Gasteiger charge is 2.21.